The van der Waals surface area contributed by atoms with Gasteiger partial charge in [0.1, 0.15) is 6.10 Å². The summed E-state index contributed by atoms with van der Waals surface area (Å²) in [7, 11) is 0. The van der Waals surface area contributed by atoms with Crippen molar-refractivity contribution < 1.29 is 9.53 Å². The number of anilines is 1. The van der Waals surface area contributed by atoms with Crippen LogP contribution in [0.25, 0.3) is 0 Å². The monoisotopic (exact) mass is 262 g/mol. The summed E-state index contributed by atoms with van der Waals surface area (Å²) in [5.41, 5.74) is 7.73. The molecule has 1 aliphatic rings. The lowest BCUT2D eigenvalue weighted by Gasteiger charge is -2.33. The van der Waals surface area contributed by atoms with Gasteiger partial charge in [-0.1, -0.05) is 25.1 Å². The van der Waals surface area contributed by atoms with E-state index in [1.54, 1.807) is 0 Å². The van der Waals surface area contributed by atoms with Gasteiger partial charge in [-0.05, 0) is 37.4 Å². The van der Waals surface area contributed by atoms with Gasteiger partial charge in [-0.25, -0.2) is 0 Å². The quantitative estimate of drug-likeness (QED) is 0.879. The molecule has 0 radical (unpaired) electrons. The molecule has 0 aliphatic carbocycles. The van der Waals surface area contributed by atoms with Gasteiger partial charge in [0, 0.05) is 12.2 Å². The molecule has 1 atom stereocenters. The van der Waals surface area contributed by atoms with Crippen molar-refractivity contribution in [2.24, 2.45) is 5.73 Å². The SMILES string of the molecule is CCc1ccccc1N1CCOC(CCCN)C1=O. The normalized spacial score (nSPS) is 19.8. The summed E-state index contributed by atoms with van der Waals surface area (Å²) < 4.78 is 5.57. The lowest BCUT2D eigenvalue weighted by atomic mass is 10.1. The summed E-state index contributed by atoms with van der Waals surface area (Å²) in [6.45, 7) is 3.93. The van der Waals surface area contributed by atoms with Gasteiger partial charge < -0.3 is 15.4 Å². The molecule has 1 aliphatic heterocycles. The van der Waals surface area contributed by atoms with Crippen molar-refractivity contribution in [3.05, 3.63) is 29.8 Å². The number of hydrogen-bond donors (Lipinski definition) is 1. The second-order valence-corrected chi connectivity index (χ2v) is 4.76. The molecule has 0 aromatic heterocycles. The zero-order valence-electron chi connectivity index (χ0n) is 11.5. The molecule has 0 spiro atoms. The second kappa shape index (κ2) is 6.68. The Bertz CT molecular complexity index is 434. The average Bonchev–Trinajstić information content (AvgIpc) is 2.46. The van der Waals surface area contributed by atoms with E-state index in [0.29, 0.717) is 26.1 Å². The molecule has 1 fully saturated rings. The summed E-state index contributed by atoms with van der Waals surface area (Å²) in [4.78, 5) is 14.3. The van der Waals surface area contributed by atoms with Crippen LogP contribution in [-0.4, -0.2) is 31.7 Å². The van der Waals surface area contributed by atoms with Crippen LogP contribution in [-0.2, 0) is 16.0 Å². The fourth-order valence-electron chi connectivity index (χ4n) is 2.46. The Balaban J connectivity index is 2.17. The van der Waals surface area contributed by atoms with E-state index in [9.17, 15) is 4.79 Å². The van der Waals surface area contributed by atoms with Gasteiger partial charge in [0.25, 0.3) is 5.91 Å². The van der Waals surface area contributed by atoms with Crippen LogP contribution in [0.1, 0.15) is 25.3 Å². The van der Waals surface area contributed by atoms with Gasteiger partial charge in [0.05, 0.1) is 6.61 Å². The van der Waals surface area contributed by atoms with Crippen molar-refractivity contribution in [3.8, 4) is 0 Å². The van der Waals surface area contributed by atoms with E-state index >= 15 is 0 Å². The number of rotatable bonds is 5. The summed E-state index contributed by atoms with van der Waals surface area (Å²) in [5.74, 6) is 0.0700. The van der Waals surface area contributed by atoms with Crippen LogP contribution in [0.2, 0.25) is 0 Å². The number of carbonyl (C=O) groups is 1. The molecule has 19 heavy (non-hydrogen) atoms. The number of hydrogen-bond acceptors (Lipinski definition) is 3. The highest BCUT2D eigenvalue weighted by Gasteiger charge is 2.30. The summed E-state index contributed by atoms with van der Waals surface area (Å²) in [6, 6.07) is 8.08. The fourth-order valence-corrected chi connectivity index (χ4v) is 2.46. The Morgan fingerprint density at radius 3 is 2.95 bits per heavy atom. The molecule has 1 aromatic carbocycles. The third-order valence-corrected chi connectivity index (χ3v) is 3.51. The van der Waals surface area contributed by atoms with Crippen LogP contribution in [0.3, 0.4) is 0 Å². The standard InChI is InChI=1S/C15H22N2O2/c1-2-12-6-3-4-7-13(12)17-10-11-19-14(15(17)18)8-5-9-16/h3-4,6-7,14H,2,5,8-11,16H2,1H3. The number of nitrogens with two attached hydrogens (primary N) is 1. The van der Waals surface area contributed by atoms with Gasteiger partial charge in [-0.3, -0.25) is 4.79 Å². The van der Waals surface area contributed by atoms with E-state index in [4.69, 9.17) is 10.5 Å². The molecule has 2 N–H and O–H groups in total. The molecule has 1 unspecified atom stereocenters. The van der Waals surface area contributed by atoms with Gasteiger partial charge >= 0.3 is 0 Å². The van der Waals surface area contributed by atoms with Crippen molar-refractivity contribution in [3.63, 3.8) is 0 Å². The fraction of sp³-hybridized carbons (Fsp3) is 0.533. The highest BCUT2D eigenvalue weighted by molar-refractivity contribution is 5.97. The van der Waals surface area contributed by atoms with E-state index in [1.165, 1.54) is 5.56 Å². The molecule has 0 bridgehead atoms. The predicted octanol–water partition coefficient (Wildman–Crippen LogP) is 1.72. The maximum absolute atomic E-state index is 12.5. The molecule has 4 heteroatoms. The Hall–Kier alpha value is -1.39. The van der Waals surface area contributed by atoms with Crippen molar-refractivity contribution in [2.75, 3.05) is 24.6 Å². The minimum atomic E-state index is -0.331. The molecular formula is C15H22N2O2. The van der Waals surface area contributed by atoms with Crippen molar-refractivity contribution >= 4 is 11.6 Å². The number of aryl methyl sites for hydroxylation is 1. The molecule has 0 saturated carbocycles. The topological polar surface area (TPSA) is 55.6 Å². The van der Waals surface area contributed by atoms with Crippen molar-refractivity contribution in [1.29, 1.82) is 0 Å². The molecule has 2 rings (SSSR count). The Kier molecular flexibility index (Phi) is 4.93. The van der Waals surface area contributed by atoms with Crippen LogP contribution in [0, 0.1) is 0 Å². The van der Waals surface area contributed by atoms with Gasteiger partial charge in [-0.15, -0.1) is 0 Å². The first kappa shape index (κ1) is 14.0. The second-order valence-electron chi connectivity index (χ2n) is 4.76. The Morgan fingerprint density at radius 2 is 2.21 bits per heavy atom. The molecule has 1 amide bonds. The Morgan fingerprint density at radius 1 is 1.42 bits per heavy atom. The lowest BCUT2D eigenvalue weighted by molar-refractivity contribution is -0.134. The minimum Gasteiger partial charge on any atom is -0.367 e. The predicted molar refractivity (Wildman–Crippen MR) is 76.2 cm³/mol. The zero-order chi connectivity index (χ0) is 13.7. The van der Waals surface area contributed by atoms with E-state index in [1.807, 2.05) is 23.1 Å². The van der Waals surface area contributed by atoms with E-state index in [0.717, 1.165) is 18.5 Å². The number of carbonyl (C=O) groups excluding carboxylic acids is 1. The first-order chi connectivity index (χ1) is 9.27. The first-order valence-electron chi connectivity index (χ1n) is 6.99. The number of para-hydroxylation sites is 1. The Labute approximate surface area is 114 Å². The third-order valence-electron chi connectivity index (χ3n) is 3.51. The summed E-state index contributed by atoms with van der Waals surface area (Å²) in [6.07, 6.45) is 2.12. The number of benzene rings is 1. The van der Waals surface area contributed by atoms with Gasteiger partial charge in [0.15, 0.2) is 0 Å². The van der Waals surface area contributed by atoms with Crippen LogP contribution < -0.4 is 10.6 Å². The number of ether oxygens (including phenoxy) is 1. The van der Waals surface area contributed by atoms with Crippen LogP contribution >= 0.6 is 0 Å². The maximum atomic E-state index is 12.5. The highest BCUT2D eigenvalue weighted by atomic mass is 16.5. The molecule has 1 heterocycles. The van der Waals surface area contributed by atoms with E-state index in [-0.39, 0.29) is 12.0 Å². The number of nitrogens with zero attached hydrogens (tertiary/aromatic N) is 1. The van der Waals surface area contributed by atoms with Gasteiger partial charge in [0.2, 0.25) is 0 Å². The van der Waals surface area contributed by atoms with Crippen LogP contribution in [0.4, 0.5) is 5.69 Å². The smallest absolute Gasteiger partial charge is 0.256 e. The average molecular weight is 262 g/mol. The van der Waals surface area contributed by atoms with E-state index < -0.39 is 0 Å². The largest absolute Gasteiger partial charge is 0.367 e. The lowest BCUT2D eigenvalue weighted by Crippen LogP contribution is -2.48. The molecule has 4 nitrogen and oxygen atoms in total. The third kappa shape index (κ3) is 3.14. The van der Waals surface area contributed by atoms with Crippen molar-refractivity contribution in [1.82, 2.24) is 0 Å². The number of amides is 1. The van der Waals surface area contributed by atoms with Crippen molar-refractivity contribution in [2.45, 2.75) is 32.3 Å². The van der Waals surface area contributed by atoms with Gasteiger partial charge in [-0.2, -0.15) is 0 Å². The molecule has 1 aromatic rings. The first-order valence-corrected chi connectivity index (χ1v) is 6.99. The summed E-state index contributed by atoms with van der Waals surface area (Å²) >= 11 is 0. The summed E-state index contributed by atoms with van der Waals surface area (Å²) in [5, 5.41) is 0. The molecule has 1 saturated heterocycles. The maximum Gasteiger partial charge on any atom is 0.256 e. The van der Waals surface area contributed by atoms with Crippen LogP contribution in [0.15, 0.2) is 24.3 Å². The minimum absolute atomic E-state index is 0.0700. The van der Waals surface area contributed by atoms with E-state index in [2.05, 4.69) is 13.0 Å². The molecule has 104 valence electrons. The van der Waals surface area contributed by atoms with Crippen LogP contribution in [0.5, 0.6) is 0 Å². The molecular weight excluding hydrogens is 240 g/mol. The zero-order valence-corrected chi connectivity index (χ0v) is 11.5. The number of morpholine rings is 1. The highest BCUT2D eigenvalue weighted by Crippen LogP contribution is 2.24.